The van der Waals surface area contributed by atoms with Gasteiger partial charge in [-0.25, -0.2) is 17.6 Å². The summed E-state index contributed by atoms with van der Waals surface area (Å²) in [6.45, 7) is -0.837. The van der Waals surface area contributed by atoms with Crippen LogP contribution in [0.5, 0.6) is 0 Å². The summed E-state index contributed by atoms with van der Waals surface area (Å²) in [4.78, 5) is 0. The monoisotopic (exact) mass is 465 g/mol. The predicted octanol–water partition coefficient (Wildman–Crippen LogP) is 3.55. The lowest BCUT2D eigenvalue weighted by Gasteiger charge is -2.36. The first kappa shape index (κ1) is 23.0. The van der Waals surface area contributed by atoms with E-state index in [9.17, 15) is 30.5 Å². The third-order valence-corrected chi connectivity index (χ3v) is 6.40. The zero-order valence-corrected chi connectivity index (χ0v) is 17.3. The molecule has 164 valence electrons. The molecule has 5 nitrogen and oxygen atoms in total. The molecule has 0 radical (unpaired) electrons. The Morgan fingerprint density at radius 2 is 1.73 bits per heavy atom. The van der Waals surface area contributed by atoms with Crippen molar-refractivity contribution in [2.75, 3.05) is 13.2 Å². The molecule has 0 aromatic heterocycles. The van der Waals surface area contributed by atoms with Gasteiger partial charge < -0.3 is 4.74 Å². The maximum Gasteiger partial charge on any atom is 0.336 e. The van der Waals surface area contributed by atoms with E-state index in [1.54, 1.807) is 0 Å². The first-order valence-corrected chi connectivity index (χ1v) is 10.8. The van der Waals surface area contributed by atoms with Gasteiger partial charge in [-0.2, -0.15) is 25.4 Å². The lowest BCUT2D eigenvalue weighted by atomic mass is 9.90. The maximum absolute atomic E-state index is 13.9. The van der Waals surface area contributed by atoms with Gasteiger partial charge in [0.15, 0.2) is 11.6 Å². The van der Waals surface area contributed by atoms with Crippen LogP contribution in [0.25, 0.3) is 0 Å². The lowest BCUT2D eigenvalue weighted by molar-refractivity contribution is 0.0329. The van der Waals surface area contributed by atoms with E-state index in [0.717, 1.165) is 4.31 Å². The third kappa shape index (κ3) is 5.14. The van der Waals surface area contributed by atoms with Crippen LogP contribution < -0.4 is 0 Å². The fourth-order valence-electron chi connectivity index (χ4n) is 3.68. The maximum atomic E-state index is 13.9. The van der Waals surface area contributed by atoms with Gasteiger partial charge in [0.2, 0.25) is 0 Å². The number of benzene rings is 2. The summed E-state index contributed by atoms with van der Waals surface area (Å²) in [5.74, 6) is -4.06. The first-order valence-electron chi connectivity index (χ1n) is 8.89. The number of hydrogen-bond donors (Lipinski definition) is 2. The minimum atomic E-state index is -4.64. The Morgan fingerprint density at radius 1 is 1.10 bits per heavy atom. The van der Waals surface area contributed by atoms with E-state index in [4.69, 9.17) is 4.74 Å². The van der Waals surface area contributed by atoms with Crippen LogP contribution in [0.3, 0.4) is 0 Å². The van der Waals surface area contributed by atoms with Crippen LogP contribution in [0.4, 0.5) is 17.6 Å². The van der Waals surface area contributed by atoms with Crippen LogP contribution in [0, 0.1) is 23.3 Å². The highest BCUT2D eigenvalue weighted by Crippen LogP contribution is 2.37. The molecule has 1 fully saturated rings. The van der Waals surface area contributed by atoms with Gasteiger partial charge in [-0.3, -0.25) is 4.55 Å². The van der Waals surface area contributed by atoms with E-state index in [-0.39, 0.29) is 31.6 Å². The summed E-state index contributed by atoms with van der Waals surface area (Å²) < 4.78 is 93.6. The van der Waals surface area contributed by atoms with Gasteiger partial charge in [0, 0.05) is 23.4 Å². The van der Waals surface area contributed by atoms with Crippen molar-refractivity contribution in [3.05, 3.63) is 70.8 Å². The number of rotatable bonds is 7. The van der Waals surface area contributed by atoms with E-state index in [0.29, 0.717) is 17.7 Å². The molecule has 2 atom stereocenters. The average Bonchev–Trinajstić information content (AvgIpc) is 2.98. The number of halogens is 4. The molecule has 1 aliphatic heterocycles. The Balaban J connectivity index is 1.86. The predicted molar refractivity (Wildman–Crippen MR) is 104 cm³/mol. The molecule has 2 aromatic carbocycles. The van der Waals surface area contributed by atoms with Crippen molar-refractivity contribution in [1.82, 2.24) is 4.31 Å². The Morgan fingerprint density at radius 3 is 2.37 bits per heavy atom. The van der Waals surface area contributed by atoms with Crippen LogP contribution in [0.15, 0.2) is 36.4 Å². The van der Waals surface area contributed by atoms with Crippen molar-refractivity contribution in [3.8, 4) is 0 Å². The second-order valence-corrected chi connectivity index (χ2v) is 9.31. The molecule has 1 heterocycles. The molecule has 2 aromatic rings. The molecule has 1 aliphatic rings. The fraction of sp³-hybridized carbons (Fsp3) is 0.368. The number of thiol groups is 1. The number of hydrogen-bond acceptors (Lipinski definition) is 4. The summed E-state index contributed by atoms with van der Waals surface area (Å²) in [5, 5.41) is -0.420. The van der Waals surface area contributed by atoms with Gasteiger partial charge in [0.05, 0.1) is 18.8 Å². The average molecular weight is 465 g/mol. The highest BCUT2D eigenvalue weighted by molar-refractivity contribution is 7.83. The summed E-state index contributed by atoms with van der Waals surface area (Å²) in [7, 11) is -4.64. The quantitative estimate of drug-likeness (QED) is 0.284. The van der Waals surface area contributed by atoms with Crippen LogP contribution in [-0.2, 0) is 28.1 Å². The molecule has 0 saturated carbocycles. The second kappa shape index (κ2) is 8.83. The van der Waals surface area contributed by atoms with E-state index in [1.165, 1.54) is 24.3 Å². The van der Waals surface area contributed by atoms with Crippen molar-refractivity contribution < 1.29 is 35.3 Å². The van der Waals surface area contributed by atoms with Crippen LogP contribution >= 0.6 is 12.6 Å². The molecule has 1 N–H and O–H groups in total. The second-order valence-electron chi connectivity index (χ2n) is 7.24. The molecular formula is C19H19F4NO4S2. The molecule has 30 heavy (non-hydrogen) atoms. The topological polar surface area (TPSA) is 66.8 Å². The van der Waals surface area contributed by atoms with E-state index in [2.05, 4.69) is 12.6 Å². The zero-order chi connectivity index (χ0) is 22.1. The number of ether oxygens (including phenoxy) is 1. The van der Waals surface area contributed by atoms with E-state index in [1.807, 2.05) is 0 Å². The van der Waals surface area contributed by atoms with Crippen LogP contribution in [-0.4, -0.2) is 41.2 Å². The largest absolute Gasteiger partial charge is 0.375 e. The number of nitrogens with zero attached hydrogens (tertiary/aromatic N) is 1. The lowest BCUT2D eigenvalue weighted by Crippen LogP contribution is -2.51. The Hall–Kier alpha value is -1.66. The Kier molecular flexibility index (Phi) is 6.78. The van der Waals surface area contributed by atoms with Crippen molar-refractivity contribution >= 4 is 22.9 Å². The van der Waals surface area contributed by atoms with Crippen molar-refractivity contribution in [2.24, 2.45) is 0 Å². The Bertz CT molecular complexity index is 1020. The SMILES string of the molecule is O=S(=O)(O)N1C[C@H](S)C[C@]1(COCc1cc(F)c(F)cc1F)Cc1ccc(F)cc1. The van der Waals surface area contributed by atoms with Crippen molar-refractivity contribution in [2.45, 2.75) is 30.2 Å². The zero-order valence-electron chi connectivity index (χ0n) is 15.6. The molecule has 0 spiro atoms. The highest BCUT2D eigenvalue weighted by atomic mass is 32.2. The van der Waals surface area contributed by atoms with Gasteiger partial charge in [0.25, 0.3) is 0 Å². The highest BCUT2D eigenvalue weighted by Gasteiger charge is 2.50. The first-order chi connectivity index (χ1) is 14.0. The van der Waals surface area contributed by atoms with E-state index >= 15 is 0 Å². The Labute approximate surface area is 176 Å². The molecule has 1 saturated heterocycles. The molecule has 3 rings (SSSR count). The minimum absolute atomic E-state index is 0.0599. The van der Waals surface area contributed by atoms with Crippen LogP contribution in [0.2, 0.25) is 0 Å². The molecular weight excluding hydrogens is 446 g/mol. The standard InChI is InChI=1S/C19H19F4NO4S2/c20-14-3-1-12(2-4-14)7-19(8-15(29)9-24(19)30(25,26)27)11-28-10-13-5-17(22)18(23)6-16(13)21/h1-6,15,29H,7-11H2,(H,25,26,27)/t15-,19+/m1/s1. The third-order valence-electron chi connectivity index (χ3n) is 4.96. The van der Waals surface area contributed by atoms with Gasteiger partial charge in [-0.15, -0.1) is 0 Å². The van der Waals surface area contributed by atoms with Crippen molar-refractivity contribution in [3.63, 3.8) is 0 Å². The summed E-state index contributed by atoms with van der Waals surface area (Å²) in [6.07, 6.45) is 0.248. The summed E-state index contributed by atoms with van der Waals surface area (Å²) in [5.41, 5.74) is -0.952. The molecule has 0 unspecified atom stereocenters. The van der Waals surface area contributed by atoms with Gasteiger partial charge in [-0.05, 0) is 36.6 Å². The van der Waals surface area contributed by atoms with E-state index < -0.39 is 51.0 Å². The van der Waals surface area contributed by atoms with Crippen molar-refractivity contribution in [1.29, 1.82) is 0 Å². The molecule has 0 amide bonds. The molecule has 0 bridgehead atoms. The van der Waals surface area contributed by atoms with Gasteiger partial charge in [-0.1, -0.05) is 12.1 Å². The summed E-state index contributed by atoms with van der Waals surface area (Å²) in [6, 6.07) is 6.43. The van der Waals surface area contributed by atoms with Gasteiger partial charge >= 0.3 is 10.3 Å². The minimum Gasteiger partial charge on any atom is -0.375 e. The smallest absolute Gasteiger partial charge is 0.336 e. The normalized spacial score (nSPS) is 22.5. The van der Waals surface area contributed by atoms with Gasteiger partial charge in [0.1, 0.15) is 11.6 Å². The molecule has 0 aliphatic carbocycles. The summed E-state index contributed by atoms with van der Waals surface area (Å²) >= 11 is 4.33. The fourth-order valence-corrected chi connectivity index (χ4v) is 5.34. The molecule has 11 heteroatoms. The van der Waals surface area contributed by atoms with Crippen LogP contribution in [0.1, 0.15) is 17.5 Å².